The Morgan fingerprint density at radius 3 is 2.41 bits per heavy atom. The fourth-order valence-electron chi connectivity index (χ4n) is 2.55. The highest BCUT2D eigenvalue weighted by molar-refractivity contribution is 5.92. The number of nitrogens with one attached hydrogen (secondary N) is 1. The summed E-state index contributed by atoms with van der Waals surface area (Å²) >= 11 is 0. The van der Waals surface area contributed by atoms with E-state index >= 15 is 0 Å². The average Bonchev–Trinajstić information content (AvgIpc) is 2.66. The molecule has 0 heterocycles. The van der Waals surface area contributed by atoms with Crippen molar-refractivity contribution in [2.45, 2.75) is 19.8 Å². The average molecular weight is 370 g/mol. The summed E-state index contributed by atoms with van der Waals surface area (Å²) in [5, 5.41) is 2.87. The monoisotopic (exact) mass is 370 g/mol. The van der Waals surface area contributed by atoms with Crippen LogP contribution in [0, 0.1) is 0 Å². The molecule has 144 valence electrons. The molecular weight excluding hydrogens is 344 g/mol. The number of nitrogens with zero attached hydrogens (tertiary/aromatic N) is 1. The van der Waals surface area contributed by atoms with Crippen molar-refractivity contribution in [3.63, 3.8) is 0 Å². The highest BCUT2D eigenvalue weighted by atomic mass is 16.5. The Morgan fingerprint density at radius 2 is 1.70 bits per heavy atom. The summed E-state index contributed by atoms with van der Waals surface area (Å²) < 4.78 is 10.9. The molecule has 0 unspecified atom stereocenters. The molecule has 0 aliphatic heterocycles. The Morgan fingerprint density at radius 1 is 1.00 bits per heavy atom. The lowest BCUT2D eigenvalue weighted by atomic mass is 10.2. The van der Waals surface area contributed by atoms with Gasteiger partial charge in [-0.2, -0.15) is 0 Å². The minimum atomic E-state index is -0.169. The fraction of sp³-hybridized carbons (Fsp3) is 0.333. The molecule has 6 nitrogen and oxygen atoms in total. The molecule has 0 fully saturated rings. The number of rotatable bonds is 10. The number of carbonyl (C=O) groups excluding carboxylic acids is 2. The second-order valence-electron chi connectivity index (χ2n) is 6.06. The smallest absolute Gasteiger partial charge is 0.226 e. The minimum Gasteiger partial charge on any atom is -0.455 e. The molecule has 1 N–H and O–H groups in total. The normalized spacial score (nSPS) is 10.3. The van der Waals surface area contributed by atoms with Crippen molar-refractivity contribution in [2.24, 2.45) is 0 Å². The van der Waals surface area contributed by atoms with Gasteiger partial charge in [-0.1, -0.05) is 30.3 Å². The summed E-state index contributed by atoms with van der Waals surface area (Å²) in [6, 6.07) is 16.7. The lowest BCUT2D eigenvalue weighted by molar-refractivity contribution is -0.129. The van der Waals surface area contributed by atoms with Crippen molar-refractivity contribution in [3.05, 3.63) is 54.6 Å². The van der Waals surface area contributed by atoms with E-state index in [-0.39, 0.29) is 18.2 Å². The molecule has 0 radical (unpaired) electrons. The Balaban J connectivity index is 1.92. The topological polar surface area (TPSA) is 67.9 Å². The maximum absolute atomic E-state index is 12.3. The van der Waals surface area contributed by atoms with E-state index < -0.39 is 0 Å². The van der Waals surface area contributed by atoms with Crippen LogP contribution in [0.5, 0.6) is 11.5 Å². The van der Waals surface area contributed by atoms with Crippen LogP contribution >= 0.6 is 0 Å². The number of ether oxygens (including phenoxy) is 2. The van der Waals surface area contributed by atoms with Gasteiger partial charge in [-0.3, -0.25) is 9.59 Å². The first kappa shape index (κ1) is 20.5. The molecule has 0 spiro atoms. The number of methoxy groups -OCH3 is 1. The van der Waals surface area contributed by atoms with Crippen LogP contribution in [0.25, 0.3) is 0 Å². The predicted molar refractivity (Wildman–Crippen MR) is 105 cm³/mol. The van der Waals surface area contributed by atoms with Gasteiger partial charge < -0.3 is 19.7 Å². The number of para-hydroxylation sites is 3. The molecule has 2 rings (SSSR count). The maximum Gasteiger partial charge on any atom is 0.226 e. The maximum atomic E-state index is 12.3. The number of benzene rings is 2. The second kappa shape index (κ2) is 11.0. The molecule has 0 saturated carbocycles. The molecule has 2 aromatic rings. The molecule has 0 aliphatic carbocycles. The Bertz CT molecular complexity index is 734. The standard InChI is InChI=1S/C21H26N2O4/c1-17(24)23(14-8-16-26-2)15-13-21(25)22-19-11-6-7-12-20(19)27-18-9-4-3-5-10-18/h3-7,9-12H,8,13-16H2,1-2H3,(H,22,25). The van der Waals surface area contributed by atoms with Crippen LogP contribution in [0.2, 0.25) is 0 Å². The SMILES string of the molecule is COCCCN(CCC(=O)Nc1ccccc1Oc1ccccc1)C(C)=O. The van der Waals surface area contributed by atoms with Crippen molar-refractivity contribution >= 4 is 17.5 Å². The zero-order chi connectivity index (χ0) is 19.5. The number of carbonyl (C=O) groups is 2. The Kier molecular flexibility index (Phi) is 8.32. The van der Waals surface area contributed by atoms with E-state index in [4.69, 9.17) is 9.47 Å². The van der Waals surface area contributed by atoms with Crippen LogP contribution in [0.1, 0.15) is 19.8 Å². The van der Waals surface area contributed by atoms with Crippen molar-refractivity contribution in [3.8, 4) is 11.5 Å². The number of anilines is 1. The molecule has 2 amide bonds. The summed E-state index contributed by atoms with van der Waals surface area (Å²) in [6.07, 6.45) is 0.956. The van der Waals surface area contributed by atoms with Gasteiger partial charge in [0.2, 0.25) is 11.8 Å². The molecule has 0 atom stereocenters. The van der Waals surface area contributed by atoms with Crippen molar-refractivity contribution < 1.29 is 19.1 Å². The van der Waals surface area contributed by atoms with E-state index in [9.17, 15) is 9.59 Å². The first-order valence-electron chi connectivity index (χ1n) is 8.96. The van der Waals surface area contributed by atoms with E-state index in [0.29, 0.717) is 36.9 Å². The van der Waals surface area contributed by atoms with Gasteiger partial charge in [0.25, 0.3) is 0 Å². The van der Waals surface area contributed by atoms with Crippen molar-refractivity contribution in [2.75, 3.05) is 32.1 Å². The van der Waals surface area contributed by atoms with E-state index in [1.807, 2.05) is 42.5 Å². The van der Waals surface area contributed by atoms with Crippen molar-refractivity contribution in [1.29, 1.82) is 0 Å². The largest absolute Gasteiger partial charge is 0.455 e. The van der Waals surface area contributed by atoms with Crippen LogP contribution in [-0.4, -0.2) is 43.5 Å². The third kappa shape index (κ3) is 7.11. The lowest BCUT2D eigenvalue weighted by Crippen LogP contribution is -2.33. The molecule has 2 aromatic carbocycles. The van der Waals surface area contributed by atoms with E-state index in [2.05, 4.69) is 5.32 Å². The van der Waals surface area contributed by atoms with Crippen LogP contribution in [-0.2, 0) is 14.3 Å². The van der Waals surface area contributed by atoms with Gasteiger partial charge in [-0.05, 0) is 30.7 Å². The first-order valence-corrected chi connectivity index (χ1v) is 8.96. The summed E-state index contributed by atoms with van der Waals surface area (Å²) in [6.45, 7) is 3.03. The highest BCUT2D eigenvalue weighted by Gasteiger charge is 2.13. The highest BCUT2D eigenvalue weighted by Crippen LogP contribution is 2.29. The van der Waals surface area contributed by atoms with Crippen molar-refractivity contribution in [1.82, 2.24) is 4.90 Å². The Hall–Kier alpha value is -2.86. The zero-order valence-electron chi connectivity index (χ0n) is 15.8. The van der Waals surface area contributed by atoms with Gasteiger partial charge in [0.05, 0.1) is 5.69 Å². The van der Waals surface area contributed by atoms with E-state index in [1.54, 1.807) is 24.1 Å². The first-order chi connectivity index (χ1) is 13.1. The predicted octanol–water partition coefficient (Wildman–Crippen LogP) is 3.69. The van der Waals surface area contributed by atoms with Gasteiger partial charge in [0, 0.05) is 40.2 Å². The molecular formula is C21H26N2O4. The zero-order valence-corrected chi connectivity index (χ0v) is 15.8. The summed E-state index contributed by atoms with van der Waals surface area (Å²) in [4.78, 5) is 25.7. The number of amides is 2. The molecule has 6 heteroatoms. The van der Waals surface area contributed by atoms with Gasteiger partial charge >= 0.3 is 0 Å². The molecule has 0 aromatic heterocycles. The third-order valence-electron chi connectivity index (χ3n) is 3.96. The number of hydrogen-bond acceptors (Lipinski definition) is 4. The summed E-state index contributed by atoms with van der Waals surface area (Å²) in [7, 11) is 1.63. The van der Waals surface area contributed by atoms with E-state index in [1.165, 1.54) is 6.92 Å². The van der Waals surface area contributed by atoms with Gasteiger partial charge in [-0.15, -0.1) is 0 Å². The molecule has 0 bridgehead atoms. The van der Waals surface area contributed by atoms with Gasteiger partial charge in [0.1, 0.15) is 5.75 Å². The second-order valence-corrected chi connectivity index (χ2v) is 6.06. The summed E-state index contributed by atoms with van der Waals surface area (Å²) in [5.74, 6) is 1.05. The number of hydrogen-bond donors (Lipinski definition) is 1. The van der Waals surface area contributed by atoms with Gasteiger partial charge in [-0.25, -0.2) is 0 Å². The fourth-order valence-corrected chi connectivity index (χ4v) is 2.55. The molecule has 27 heavy (non-hydrogen) atoms. The Labute approximate surface area is 160 Å². The molecule has 0 saturated heterocycles. The lowest BCUT2D eigenvalue weighted by Gasteiger charge is -2.20. The van der Waals surface area contributed by atoms with Crippen LogP contribution < -0.4 is 10.1 Å². The van der Waals surface area contributed by atoms with Gasteiger partial charge in [0.15, 0.2) is 5.75 Å². The van der Waals surface area contributed by atoms with Crippen LogP contribution in [0.3, 0.4) is 0 Å². The van der Waals surface area contributed by atoms with Crippen LogP contribution in [0.4, 0.5) is 5.69 Å². The molecule has 0 aliphatic rings. The quantitative estimate of drug-likeness (QED) is 0.648. The summed E-state index contributed by atoms with van der Waals surface area (Å²) in [5.41, 5.74) is 0.597. The van der Waals surface area contributed by atoms with E-state index in [0.717, 1.165) is 6.42 Å². The minimum absolute atomic E-state index is 0.0493. The third-order valence-corrected chi connectivity index (χ3v) is 3.96. The van der Waals surface area contributed by atoms with Crippen LogP contribution in [0.15, 0.2) is 54.6 Å².